The van der Waals surface area contributed by atoms with Crippen molar-refractivity contribution in [2.24, 2.45) is 0 Å². The molecule has 3 aromatic heterocycles. The monoisotopic (exact) mass is 371 g/mol. The molecule has 29 heavy (non-hydrogen) atoms. The Balaban J connectivity index is 1.73. The fourth-order valence-electron chi connectivity index (χ4n) is 5.14. The molecule has 3 heterocycles. The molecule has 0 atom stereocenters. The topological polar surface area (TPSA) is 42.1 Å². The number of aromatic amines is 1. The first kappa shape index (κ1) is 14.1. The Hall–Kier alpha value is -3.98. The van der Waals surface area contributed by atoms with Crippen LogP contribution in [0.4, 0.5) is 0 Å². The minimum atomic E-state index is 0.911. The molecule has 0 bridgehead atoms. The number of hydrogen-bond acceptors (Lipinski definition) is 2. The fourth-order valence-corrected chi connectivity index (χ4v) is 5.14. The van der Waals surface area contributed by atoms with Gasteiger partial charge in [0.1, 0.15) is 16.7 Å². The lowest BCUT2D eigenvalue weighted by molar-refractivity contribution is 0.669. The highest BCUT2D eigenvalue weighted by Crippen LogP contribution is 2.45. The quantitative estimate of drug-likeness (QED) is 0.277. The van der Waals surface area contributed by atoms with E-state index >= 15 is 0 Å². The lowest BCUT2D eigenvalue weighted by Gasteiger charge is -2.03. The van der Waals surface area contributed by atoms with Gasteiger partial charge in [-0.2, -0.15) is 0 Å². The number of para-hydroxylation sites is 2. The molecule has 0 amide bonds. The molecule has 0 saturated carbocycles. The Morgan fingerprint density at radius 1 is 0.517 bits per heavy atom. The van der Waals surface area contributed by atoms with Crippen LogP contribution in [0.25, 0.3) is 76.5 Å². The molecule has 0 fully saturated rings. The number of H-pyrrole nitrogens is 1. The lowest BCUT2D eigenvalue weighted by Crippen LogP contribution is -1.77. The third-order valence-electron chi connectivity index (χ3n) is 6.34. The molecule has 0 unspecified atom stereocenters. The normalized spacial score (nSPS) is 12.8. The van der Waals surface area contributed by atoms with Crippen LogP contribution >= 0.6 is 0 Å². The van der Waals surface area contributed by atoms with Gasteiger partial charge in [-0.1, -0.05) is 48.5 Å². The number of benzene rings is 5. The molecule has 8 rings (SSSR count). The number of aromatic nitrogens is 1. The Morgan fingerprint density at radius 2 is 1.21 bits per heavy atom. The summed E-state index contributed by atoms with van der Waals surface area (Å²) < 4.78 is 12.5. The highest BCUT2D eigenvalue weighted by molar-refractivity contribution is 6.35. The van der Waals surface area contributed by atoms with Crippen LogP contribution < -0.4 is 0 Å². The van der Waals surface area contributed by atoms with E-state index in [0.717, 1.165) is 54.9 Å². The summed E-state index contributed by atoms with van der Waals surface area (Å²) in [7, 11) is 0. The molecule has 3 heteroatoms. The van der Waals surface area contributed by atoms with Gasteiger partial charge in [0, 0.05) is 26.9 Å². The predicted molar refractivity (Wildman–Crippen MR) is 119 cm³/mol. The first-order valence-corrected chi connectivity index (χ1v) is 9.79. The average molecular weight is 371 g/mol. The summed E-state index contributed by atoms with van der Waals surface area (Å²) in [6, 6.07) is 25.3. The van der Waals surface area contributed by atoms with Crippen LogP contribution in [0.1, 0.15) is 0 Å². The van der Waals surface area contributed by atoms with Gasteiger partial charge in [-0.3, -0.25) is 0 Å². The maximum Gasteiger partial charge on any atom is 0.159 e. The van der Waals surface area contributed by atoms with E-state index in [9.17, 15) is 0 Å². The Morgan fingerprint density at radius 3 is 2.07 bits per heavy atom. The van der Waals surface area contributed by atoms with Crippen LogP contribution in [0.2, 0.25) is 0 Å². The second kappa shape index (κ2) is 4.53. The smallest absolute Gasteiger partial charge is 0.159 e. The molecule has 0 aliphatic rings. The van der Waals surface area contributed by atoms with Gasteiger partial charge in [0.05, 0.1) is 16.4 Å². The van der Waals surface area contributed by atoms with E-state index in [2.05, 4.69) is 53.5 Å². The summed E-state index contributed by atoms with van der Waals surface area (Å²) >= 11 is 0. The van der Waals surface area contributed by atoms with E-state index in [-0.39, 0.29) is 0 Å². The van der Waals surface area contributed by atoms with Crippen molar-refractivity contribution >= 4 is 76.5 Å². The molecule has 5 aromatic carbocycles. The minimum absolute atomic E-state index is 0.911. The largest absolute Gasteiger partial charge is 0.456 e. The molecule has 0 aliphatic carbocycles. The highest BCUT2D eigenvalue weighted by Gasteiger charge is 2.21. The van der Waals surface area contributed by atoms with E-state index in [1.165, 1.54) is 21.5 Å². The van der Waals surface area contributed by atoms with E-state index in [1.807, 2.05) is 24.3 Å². The van der Waals surface area contributed by atoms with E-state index in [4.69, 9.17) is 8.83 Å². The van der Waals surface area contributed by atoms with Crippen molar-refractivity contribution in [3.63, 3.8) is 0 Å². The predicted octanol–water partition coefficient (Wildman–Crippen LogP) is 7.71. The Bertz CT molecular complexity index is 1910. The van der Waals surface area contributed by atoms with Gasteiger partial charge in [-0.05, 0) is 35.0 Å². The average Bonchev–Trinajstić information content (AvgIpc) is 3.42. The zero-order valence-electron chi connectivity index (χ0n) is 15.2. The second-order valence-electron chi connectivity index (χ2n) is 7.84. The van der Waals surface area contributed by atoms with E-state index < -0.39 is 0 Å². The molecule has 0 radical (unpaired) electrons. The molecule has 134 valence electrons. The van der Waals surface area contributed by atoms with Gasteiger partial charge in [0.15, 0.2) is 5.58 Å². The molecule has 1 N–H and O–H groups in total. The van der Waals surface area contributed by atoms with Crippen LogP contribution in [0, 0.1) is 0 Å². The summed E-state index contributed by atoms with van der Waals surface area (Å²) in [5.74, 6) is 0. The zero-order chi connectivity index (χ0) is 18.7. The summed E-state index contributed by atoms with van der Waals surface area (Å²) in [5, 5.41) is 9.47. The van der Waals surface area contributed by atoms with Crippen LogP contribution in [-0.4, -0.2) is 4.98 Å². The van der Waals surface area contributed by atoms with Crippen molar-refractivity contribution in [3.8, 4) is 0 Å². The number of hydrogen-bond donors (Lipinski definition) is 1. The van der Waals surface area contributed by atoms with Crippen molar-refractivity contribution in [3.05, 3.63) is 72.8 Å². The third kappa shape index (κ3) is 1.54. The minimum Gasteiger partial charge on any atom is -0.456 e. The van der Waals surface area contributed by atoms with Gasteiger partial charge < -0.3 is 13.8 Å². The van der Waals surface area contributed by atoms with Gasteiger partial charge in [-0.15, -0.1) is 0 Å². The van der Waals surface area contributed by atoms with Crippen LogP contribution in [-0.2, 0) is 0 Å². The van der Waals surface area contributed by atoms with E-state index in [0.29, 0.717) is 0 Å². The molecule has 8 aromatic rings. The lowest BCUT2D eigenvalue weighted by atomic mass is 9.98. The maximum atomic E-state index is 6.32. The SMILES string of the molecule is c1ccc2c(c1)oc1c2cc2ccc3cc4oc5ccccc5c4c4[nH]c1c2c34. The summed E-state index contributed by atoms with van der Waals surface area (Å²) in [5.41, 5.74) is 5.85. The van der Waals surface area contributed by atoms with Crippen molar-refractivity contribution in [1.82, 2.24) is 4.98 Å². The number of fused-ring (bicyclic) bond motifs is 8. The van der Waals surface area contributed by atoms with Crippen LogP contribution in [0.15, 0.2) is 81.6 Å². The van der Waals surface area contributed by atoms with E-state index in [1.54, 1.807) is 0 Å². The first-order chi connectivity index (χ1) is 14.4. The summed E-state index contributed by atoms with van der Waals surface area (Å²) in [6.45, 7) is 0. The van der Waals surface area contributed by atoms with Gasteiger partial charge >= 0.3 is 0 Å². The Kier molecular flexibility index (Phi) is 2.20. The van der Waals surface area contributed by atoms with Gasteiger partial charge in [0.25, 0.3) is 0 Å². The number of furan rings is 2. The molecular weight excluding hydrogens is 358 g/mol. The number of nitrogens with one attached hydrogen (secondary N) is 1. The standard InChI is InChI=1S/C26H13NO2/c1-3-7-18-15(5-1)17-11-13-9-10-14-12-20-23(16-6-2-4-8-19(16)28-20)24-21(14)22(13)25(27-24)26(17)29-18/h1-12,27H. The zero-order valence-corrected chi connectivity index (χ0v) is 15.2. The van der Waals surface area contributed by atoms with Crippen molar-refractivity contribution in [2.45, 2.75) is 0 Å². The summed E-state index contributed by atoms with van der Waals surface area (Å²) in [4.78, 5) is 3.73. The molecule has 0 saturated heterocycles. The summed E-state index contributed by atoms with van der Waals surface area (Å²) in [6.07, 6.45) is 0. The van der Waals surface area contributed by atoms with Gasteiger partial charge in [0.2, 0.25) is 0 Å². The number of rotatable bonds is 0. The third-order valence-corrected chi connectivity index (χ3v) is 6.34. The molecule has 3 nitrogen and oxygen atoms in total. The molecule has 0 aliphatic heterocycles. The van der Waals surface area contributed by atoms with Crippen molar-refractivity contribution in [2.75, 3.05) is 0 Å². The van der Waals surface area contributed by atoms with Crippen LogP contribution in [0.5, 0.6) is 0 Å². The molecule has 0 spiro atoms. The fraction of sp³-hybridized carbons (Fsp3) is 0. The highest BCUT2D eigenvalue weighted by atomic mass is 16.3. The van der Waals surface area contributed by atoms with Crippen LogP contribution in [0.3, 0.4) is 0 Å². The molecular formula is C26H13NO2. The van der Waals surface area contributed by atoms with Gasteiger partial charge in [-0.25, -0.2) is 0 Å². The second-order valence-corrected chi connectivity index (χ2v) is 7.84. The maximum absolute atomic E-state index is 6.32. The van der Waals surface area contributed by atoms with Crippen molar-refractivity contribution in [1.29, 1.82) is 0 Å². The first-order valence-electron chi connectivity index (χ1n) is 9.79. The van der Waals surface area contributed by atoms with Crippen molar-refractivity contribution < 1.29 is 8.83 Å². The Labute approximate surface area is 163 Å².